The zero-order chi connectivity index (χ0) is 23.2. The molecule has 0 saturated carbocycles. The molecule has 172 valence electrons. The van der Waals surface area contributed by atoms with Crippen LogP contribution in [-0.4, -0.2) is 32.0 Å². The molecule has 2 aromatic heterocycles. The van der Waals surface area contributed by atoms with Gasteiger partial charge in [-0.15, -0.1) is 10.2 Å². The first-order valence-corrected chi connectivity index (χ1v) is 9.43. The van der Waals surface area contributed by atoms with Crippen molar-refractivity contribution < 1.29 is 35.9 Å². The Morgan fingerprint density at radius 3 is 2.32 bits per heavy atom. The van der Waals surface area contributed by atoms with Crippen molar-refractivity contribution in [2.24, 2.45) is 0 Å². The summed E-state index contributed by atoms with van der Waals surface area (Å²) in [6.45, 7) is 3.29. The van der Waals surface area contributed by atoms with Crippen molar-refractivity contribution in [3.63, 3.8) is 0 Å². The summed E-state index contributed by atoms with van der Waals surface area (Å²) in [4.78, 5) is 3.86. The fraction of sp³-hybridized carbons (Fsp3) is 0.611. The number of aliphatic hydroxyl groups is 1. The van der Waals surface area contributed by atoms with E-state index in [4.69, 9.17) is 10.2 Å². The Kier molecular flexibility index (Phi) is 5.61. The quantitative estimate of drug-likeness (QED) is 0.499. The van der Waals surface area contributed by atoms with Crippen molar-refractivity contribution in [3.05, 3.63) is 17.5 Å². The van der Waals surface area contributed by atoms with Gasteiger partial charge in [0.05, 0.1) is 11.3 Å². The first-order chi connectivity index (χ1) is 14.1. The minimum atomic E-state index is -5.11. The van der Waals surface area contributed by atoms with Gasteiger partial charge in [0.25, 0.3) is 11.8 Å². The molecule has 13 heteroatoms. The molecule has 4 bridgehead atoms. The fourth-order valence-corrected chi connectivity index (χ4v) is 3.38. The number of halogens is 6. The molecule has 4 N–H and O–H groups in total. The van der Waals surface area contributed by atoms with Gasteiger partial charge >= 0.3 is 12.4 Å². The third kappa shape index (κ3) is 4.55. The van der Waals surface area contributed by atoms with Crippen molar-refractivity contribution in [1.82, 2.24) is 15.2 Å². The Hall–Kier alpha value is -2.57. The summed E-state index contributed by atoms with van der Waals surface area (Å²) in [5.74, 6) is -2.32. The van der Waals surface area contributed by atoms with E-state index in [0.717, 1.165) is 0 Å². The third-order valence-electron chi connectivity index (χ3n) is 5.10. The number of pyridine rings is 1. The molecule has 0 aromatic carbocycles. The lowest BCUT2D eigenvalue weighted by Gasteiger charge is -2.30. The van der Waals surface area contributed by atoms with Crippen LogP contribution in [0.4, 0.5) is 37.8 Å². The zero-order valence-corrected chi connectivity index (χ0v) is 16.7. The molecule has 3 heterocycles. The number of rotatable bonds is 0. The van der Waals surface area contributed by atoms with Crippen molar-refractivity contribution in [1.29, 1.82) is 0 Å². The molecule has 1 aliphatic heterocycles. The van der Waals surface area contributed by atoms with E-state index in [1.807, 2.05) is 0 Å². The lowest BCUT2D eigenvalue weighted by molar-refractivity contribution is -0.277. The average Bonchev–Trinajstić information content (AvgIpc) is 3.09. The van der Waals surface area contributed by atoms with Gasteiger partial charge in [0.2, 0.25) is 5.60 Å². The smallest absolute Gasteiger partial charge is 0.416 e. The lowest BCUT2D eigenvalue weighted by atomic mass is 9.92. The Balaban J connectivity index is 2.21. The highest BCUT2D eigenvalue weighted by Gasteiger charge is 2.58. The number of aromatic nitrogens is 3. The van der Waals surface area contributed by atoms with E-state index in [2.05, 4.69) is 20.5 Å². The van der Waals surface area contributed by atoms with Crippen molar-refractivity contribution in [3.8, 4) is 11.6 Å². The predicted molar refractivity (Wildman–Crippen MR) is 97.7 cm³/mol. The molecule has 0 amide bonds. The van der Waals surface area contributed by atoms with Crippen LogP contribution in [0.2, 0.25) is 0 Å². The Bertz CT molecular complexity index is 956. The first kappa shape index (κ1) is 23.1. The summed E-state index contributed by atoms with van der Waals surface area (Å²) in [6.07, 6.45) is -9.62. The van der Waals surface area contributed by atoms with Crippen LogP contribution in [0.3, 0.4) is 0 Å². The van der Waals surface area contributed by atoms with E-state index < -0.39 is 64.5 Å². The first-order valence-electron chi connectivity index (χ1n) is 9.43. The normalized spacial score (nSPS) is 22.5. The highest BCUT2D eigenvalue weighted by Crippen LogP contribution is 2.44. The summed E-state index contributed by atoms with van der Waals surface area (Å²) in [5.41, 5.74) is -0.670. The molecule has 7 nitrogen and oxygen atoms in total. The molecule has 0 unspecified atom stereocenters. The van der Waals surface area contributed by atoms with Crippen molar-refractivity contribution in [2.75, 3.05) is 11.1 Å². The number of nitrogens with two attached hydrogens (primary N) is 1. The zero-order valence-electron chi connectivity index (χ0n) is 16.7. The molecule has 2 aromatic rings. The van der Waals surface area contributed by atoms with Crippen LogP contribution in [0, 0.1) is 0 Å². The molecule has 0 fully saturated rings. The molecular weight excluding hydrogens is 432 g/mol. The number of fused-ring (bicyclic) bond motifs is 5. The van der Waals surface area contributed by atoms with Crippen LogP contribution in [-0.2, 0) is 11.8 Å². The Labute approximate surface area is 173 Å². The Morgan fingerprint density at radius 1 is 1.06 bits per heavy atom. The fourth-order valence-electron chi connectivity index (χ4n) is 3.38. The maximum absolute atomic E-state index is 13.6. The van der Waals surface area contributed by atoms with Gasteiger partial charge in [-0.1, -0.05) is 12.8 Å². The van der Waals surface area contributed by atoms with Crippen LogP contribution < -0.4 is 11.1 Å². The second-order valence-electron chi connectivity index (χ2n) is 8.16. The van der Waals surface area contributed by atoms with Gasteiger partial charge in [-0.05, 0) is 39.2 Å². The van der Waals surface area contributed by atoms with Crippen molar-refractivity contribution >= 4 is 11.5 Å². The van der Waals surface area contributed by atoms with Crippen LogP contribution >= 0.6 is 0 Å². The van der Waals surface area contributed by atoms with E-state index in [1.165, 1.54) is 0 Å². The van der Waals surface area contributed by atoms with Gasteiger partial charge in [0.15, 0.2) is 5.69 Å². The minimum Gasteiger partial charge on any atom is -0.416 e. The number of nitrogens with one attached hydrogen (secondary N) is 1. The highest BCUT2D eigenvalue weighted by atomic mass is 19.4. The second-order valence-corrected chi connectivity index (χ2v) is 8.16. The second kappa shape index (κ2) is 7.53. The Morgan fingerprint density at radius 2 is 1.71 bits per heavy atom. The van der Waals surface area contributed by atoms with E-state index in [1.54, 1.807) is 13.8 Å². The summed E-state index contributed by atoms with van der Waals surface area (Å²) < 4.78 is 86.5. The summed E-state index contributed by atoms with van der Waals surface area (Å²) >= 11 is 0. The molecule has 0 radical (unpaired) electrons. The molecule has 1 aliphatic rings. The maximum atomic E-state index is 13.6. The van der Waals surface area contributed by atoms with Crippen LogP contribution in [0.5, 0.6) is 0 Å². The number of nitrogens with zero attached hydrogens (tertiary/aromatic N) is 3. The van der Waals surface area contributed by atoms with E-state index in [0.29, 0.717) is 18.9 Å². The number of alkyl halides is 6. The number of hydrogen-bond acceptors (Lipinski definition) is 7. The van der Waals surface area contributed by atoms with Gasteiger partial charge in [0.1, 0.15) is 5.82 Å². The molecule has 3 rings (SSSR count). The maximum Gasteiger partial charge on any atom is 0.426 e. The monoisotopic (exact) mass is 453 g/mol. The van der Waals surface area contributed by atoms with E-state index >= 15 is 0 Å². The van der Waals surface area contributed by atoms with Gasteiger partial charge < -0.3 is 20.6 Å². The van der Waals surface area contributed by atoms with Crippen LogP contribution in [0.25, 0.3) is 11.6 Å². The lowest BCUT2D eigenvalue weighted by Crippen LogP contribution is -2.42. The average molecular weight is 453 g/mol. The van der Waals surface area contributed by atoms with E-state index in [9.17, 15) is 31.4 Å². The van der Waals surface area contributed by atoms with Gasteiger partial charge in [0, 0.05) is 5.54 Å². The van der Waals surface area contributed by atoms with Crippen LogP contribution in [0.1, 0.15) is 57.4 Å². The largest absolute Gasteiger partial charge is 0.426 e. The number of hydrogen-bond donors (Lipinski definition) is 3. The molecular formula is C18H21F6N5O2. The number of nitrogen functional groups attached to an aromatic ring is 1. The van der Waals surface area contributed by atoms with E-state index in [-0.39, 0.29) is 12.8 Å². The molecule has 31 heavy (non-hydrogen) atoms. The standard InChI is InChI=1S/C18H21F6N5O2/c1-15(2)6-4-3-5-7-16(30,18(22,23)24)14-29-28-13(31-14)11-10(25)8-9(17(19,20)21)12(26-11)27-15/h8,30H,3-7,25H2,1-2H3,(H,26,27)/t16-/m1/s1. The number of anilines is 2. The van der Waals surface area contributed by atoms with Gasteiger partial charge in [-0.2, -0.15) is 26.3 Å². The van der Waals surface area contributed by atoms with Crippen molar-refractivity contribution in [2.45, 2.75) is 69.4 Å². The molecule has 0 saturated heterocycles. The predicted octanol–water partition coefficient (Wildman–Crippen LogP) is 4.64. The van der Waals surface area contributed by atoms with Gasteiger partial charge in [-0.25, -0.2) is 4.98 Å². The summed E-state index contributed by atoms with van der Waals surface area (Å²) in [6, 6.07) is 0.604. The SMILES string of the molecule is CC1(C)CCCCC[C@](O)(C(F)(F)F)c2nnc(o2)-c2nc(c(C(F)(F)F)cc2N)N1. The minimum absolute atomic E-state index is 0.0245. The molecule has 0 spiro atoms. The highest BCUT2D eigenvalue weighted by molar-refractivity contribution is 5.71. The molecule has 1 atom stereocenters. The van der Waals surface area contributed by atoms with Crippen LogP contribution in [0.15, 0.2) is 10.5 Å². The summed E-state index contributed by atoms with van der Waals surface area (Å²) in [5, 5.41) is 19.8. The third-order valence-corrected chi connectivity index (χ3v) is 5.10. The molecule has 0 aliphatic carbocycles. The topological polar surface area (TPSA) is 110 Å². The van der Waals surface area contributed by atoms with Gasteiger partial charge in [-0.3, -0.25) is 0 Å². The summed E-state index contributed by atoms with van der Waals surface area (Å²) in [7, 11) is 0.